The normalized spacial score (nSPS) is 18.7. The average molecular weight is 260 g/mol. The van der Waals surface area contributed by atoms with Gasteiger partial charge in [-0.15, -0.1) is 0 Å². The number of ether oxygens (including phenoxy) is 1. The summed E-state index contributed by atoms with van der Waals surface area (Å²) >= 11 is 0. The second kappa shape index (κ2) is 4.63. The van der Waals surface area contributed by atoms with Gasteiger partial charge in [0.25, 0.3) is 0 Å². The molecule has 7 nitrogen and oxygen atoms in total. The third-order valence-electron chi connectivity index (χ3n) is 2.99. The van der Waals surface area contributed by atoms with E-state index < -0.39 is 10.0 Å². The lowest BCUT2D eigenvalue weighted by atomic mass is 10.1. The van der Waals surface area contributed by atoms with Crippen LogP contribution in [0, 0.1) is 0 Å². The summed E-state index contributed by atoms with van der Waals surface area (Å²) in [6, 6.07) is -0.0388. The molecule has 0 aromatic carbocycles. The van der Waals surface area contributed by atoms with E-state index in [9.17, 15) is 8.42 Å². The SMILES string of the molecule is CN(C1CCOCC1)S(=O)(=O)c1cn[nH]c1N. The van der Waals surface area contributed by atoms with Gasteiger partial charge in [-0.2, -0.15) is 9.40 Å². The van der Waals surface area contributed by atoms with Gasteiger partial charge < -0.3 is 10.5 Å². The summed E-state index contributed by atoms with van der Waals surface area (Å²) in [4.78, 5) is 0.0338. The van der Waals surface area contributed by atoms with Crippen LogP contribution in [0.1, 0.15) is 12.8 Å². The Morgan fingerprint density at radius 1 is 1.53 bits per heavy atom. The van der Waals surface area contributed by atoms with Crippen molar-refractivity contribution in [1.82, 2.24) is 14.5 Å². The summed E-state index contributed by atoms with van der Waals surface area (Å²) in [6.07, 6.45) is 2.64. The maximum Gasteiger partial charge on any atom is 0.248 e. The minimum absolute atomic E-state index is 0.0338. The smallest absolute Gasteiger partial charge is 0.248 e. The predicted molar refractivity (Wildman–Crippen MR) is 61.8 cm³/mol. The van der Waals surface area contributed by atoms with Crippen LogP contribution in [0.15, 0.2) is 11.1 Å². The molecule has 1 aromatic heterocycles. The second-order valence-electron chi connectivity index (χ2n) is 4.01. The van der Waals surface area contributed by atoms with Crippen LogP contribution < -0.4 is 5.73 Å². The molecule has 0 bridgehead atoms. The maximum absolute atomic E-state index is 12.3. The summed E-state index contributed by atoms with van der Waals surface area (Å²) in [5.74, 6) is 0.0731. The Balaban J connectivity index is 2.23. The van der Waals surface area contributed by atoms with E-state index in [1.165, 1.54) is 10.5 Å². The summed E-state index contributed by atoms with van der Waals surface area (Å²) in [6.45, 7) is 1.18. The second-order valence-corrected chi connectivity index (χ2v) is 5.98. The Bertz CT molecular complexity index is 478. The molecule has 1 aliphatic rings. The van der Waals surface area contributed by atoms with E-state index in [1.807, 2.05) is 0 Å². The van der Waals surface area contributed by atoms with Crippen molar-refractivity contribution < 1.29 is 13.2 Å². The number of hydrogen-bond donors (Lipinski definition) is 2. The average Bonchev–Trinajstić information content (AvgIpc) is 2.76. The van der Waals surface area contributed by atoms with Crippen molar-refractivity contribution in [3.63, 3.8) is 0 Å². The molecular weight excluding hydrogens is 244 g/mol. The highest BCUT2D eigenvalue weighted by atomic mass is 32.2. The molecule has 1 aromatic rings. The van der Waals surface area contributed by atoms with Gasteiger partial charge in [0.15, 0.2) is 0 Å². The standard InChI is InChI=1S/C9H16N4O3S/c1-13(7-2-4-16-5-3-7)17(14,15)8-6-11-12-9(8)10/h6-7H,2-5H2,1H3,(H3,10,11,12). The van der Waals surface area contributed by atoms with Crippen LogP contribution in [-0.2, 0) is 14.8 Å². The fourth-order valence-corrected chi connectivity index (χ4v) is 3.31. The van der Waals surface area contributed by atoms with Crippen molar-refractivity contribution in [2.75, 3.05) is 26.0 Å². The molecule has 1 fully saturated rings. The molecule has 3 N–H and O–H groups in total. The summed E-state index contributed by atoms with van der Waals surface area (Å²) in [5, 5.41) is 6.06. The van der Waals surface area contributed by atoms with E-state index in [2.05, 4.69) is 10.2 Å². The van der Waals surface area contributed by atoms with E-state index in [-0.39, 0.29) is 16.8 Å². The molecule has 0 spiro atoms. The molecule has 8 heteroatoms. The molecule has 96 valence electrons. The van der Waals surface area contributed by atoms with Gasteiger partial charge in [-0.05, 0) is 12.8 Å². The number of aromatic nitrogens is 2. The van der Waals surface area contributed by atoms with Crippen LogP contribution in [0.3, 0.4) is 0 Å². The predicted octanol–water partition coefficient (Wildman–Crippen LogP) is -0.209. The minimum Gasteiger partial charge on any atom is -0.383 e. The monoisotopic (exact) mass is 260 g/mol. The van der Waals surface area contributed by atoms with Gasteiger partial charge in [0.05, 0.1) is 6.20 Å². The van der Waals surface area contributed by atoms with Gasteiger partial charge >= 0.3 is 0 Å². The van der Waals surface area contributed by atoms with Gasteiger partial charge in [0.2, 0.25) is 10.0 Å². The van der Waals surface area contributed by atoms with E-state index in [4.69, 9.17) is 10.5 Å². The number of rotatable bonds is 3. The van der Waals surface area contributed by atoms with E-state index in [0.717, 1.165) is 0 Å². The zero-order chi connectivity index (χ0) is 12.5. The lowest BCUT2D eigenvalue weighted by Gasteiger charge is -2.30. The molecule has 0 aliphatic carbocycles. The first-order chi connectivity index (χ1) is 8.03. The molecule has 2 rings (SSSR count). The highest BCUT2D eigenvalue weighted by molar-refractivity contribution is 7.89. The Morgan fingerprint density at radius 3 is 2.71 bits per heavy atom. The quantitative estimate of drug-likeness (QED) is 0.783. The number of H-pyrrole nitrogens is 1. The summed E-state index contributed by atoms with van der Waals surface area (Å²) < 4.78 is 31.1. The highest BCUT2D eigenvalue weighted by Crippen LogP contribution is 2.23. The summed E-state index contributed by atoms with van der Waals surface area (Å²) in [5.41, 5.74) is 5.55. The number of nitrogen functional groups attached to an aromatic ring is 1. The van der Waals surface area contributed by atoms with Crippen molar-refractivity contribution in [1.29, 1.82) is 0 Å². The lowest BCUT2D eigenvalue weighted by molar-refractivity contribution is 0.0632. The van der Waals surface area contributed by atoms with Gasteiger partial charge in [0.1, 0.15) is 10.7 Å². The molecule has 2 heterocycles. The van der Waals surface area contributed by atoms with Crippen molar-refractivity contribution in [3.05, 3.63) is 6.20 Å². The van der Waals surface area contributed by atoms with Crippen molar-refractivity contribution in [2.24, 2.45) is 0 Å². The summed E-state index contributed by atoms with van der Waals surface area (Å²) in [7, 11) is -2.00. The molecule has 17 heavy (non-hydrogen) atoms. The number of anilines is 1. The number of aromatic amines is 1. The number of sulfonamides is 1. The number of nitrogens with zero attached hydrogens (tertiary/aromatic N) is 2. The van der Waals surface area contributed by atoms with Crippen LogP contribution in [0.25, 0.3) is 0 Å². The third-order valence-corrected chi connectivity index (χ3v) is 4.93. The molecule has 0 saturated carbocycles. The Labute approximate surface area is 100.0 Å². The minimum atomic E-state index is -3.57. The third kappa shape index (κ3) is 2.28. The molecule has 0 amide bonds. The van der Waals surface area contributed by atoms with Crippen LogP contribution in [0.5, 0.6) is 0 Å². The number of nitrogens with two attached hydrogens (primary N) is 1. The highest BCUT2D eigenvalue weighted by Gasteiger charge is 2.31. The van der Waals surface area contributed by atoms with E-state index in [1.54, 1.807) is 7.05 Å². The maximum atomic E-state index is 12.3. The van der Waals surface area contributed by atoms with E-state index >= 15 is 0 Å². The zero-order valence-electron chi connectivity index (χ0n) is 9.59. The van der Waals surface area contributed by atoms with Crippen LogP contribution in [0.2, 0.25) is 0 Å². The van der Waals surface area contributed by atoms with Crippen LogP contribution in [-0.4, -0.2) is 49.2 Å². The first-order valence-corrected chi connectivity index (χ1v) is 6.82. The van der Waals surface area contributed by atoms with Crippen molar-refractivity contribution in [2.45, 2.75) is 23.8 Å². The Hall–Kier alpha value is -1.12. The number of nitrogens with one attached hydrogen (secondary N) is 1. The van der Waals surface area contributed by atoms with E-state index in [0.29, 0.717) is 26.1 Å². The Kier molecular flexibility index (Phi) is 3.36. The van der Waals surface area contributed by atoms with Crippen molar-refractivity contribution in [3.8, 4) is 0 Å². The molecule has 0 radical (unpaired) electrons. The molecule has 1 saturated heterocycles. The number of hydrogen-bond acceptors (Lipinski definition) is 5. The zero-order valence-corrected chi connectivity index (χ0v) is 10.4. The van der Waals surface area contributed by atoms with Crippen molar-refractivity contribution >= 4 is 15.8 Å². The molecule has 0 unspecified atom stereocenters. The van der Waals surface area contributed by atoms with Gasteiger partial charge in [-0.25, -0.2) is 8.42 Å². The largest absolute Gasteiger partial charge is 0.383 e. The molecule has 1 aliphatic heterocycles. The van der Waals surface area contributed by atoms with Crippen LogP contribution >= 0.6 is 0 Å². The van der Waals surface area contributed by atoms with Crippen LogP contribution in [0.4, 0.5) is 5.82 Å². The topological polar surface area (TPSA) is 101 Å². The molecular formula is C9H16N4O3S. The first kappa shape index (κ1) is 12.3. The van der Waals surface area contributed by atoms with Gasteiger partial charge in [-0.1, -0.05) is 0 Å². The fourth-order valence-electron chi connectivity index (χ4n) is 1.89. The van der Waals surface area contributed by atoms with Gasteiger partial charge in [-0.3, -0.25) is 5.10 Å². The lowest BCUT2D eigenvalue weighted by Crippen LogP contribution is -2.40. The molecule has 0 atom stereocenters. The fraction of sp³-hybridized carbons (Fsp3) is 0.667. The first-order valence-electron chi connectivity index (χ1n) is 5.38. The van der Waals surface area contributed by atoms with Gasteiger partial charge in [0, 0.05) is 26.3 Å². The Morgan fingerprint density at radius 2 is 2.18 bits per heavy atom.